The number of fused-ring (bicyclic) bond motifs is 2. The van der Waals surface area contributed by atoms with E-state index in [-0.39, 0.29) is 18.1 Å². The van der Waals surface area contributed by atoms with Gasteiger partial charge in [0.05, 0.1) is 18.7 Å². The SMILES string of the molecule is COc1cccc(-c2ccc3c(c2)OC2CN(Cc4ccccc4O)CC2N(C)C3=O)c1. The van der Waals surface area contributed by atoms with Crippen molar-refractivity contribution in [3.05, 3.63) is 77.9 Å². The summed E-state index contributed by atoms with van der Waals surface area (Å²) in [5.74, 6) is 1.65. The highest BCUT2D eigenvalue weighted by Gasteiger charge is 2.42. The second-order valence-electron chi connectivity index (χ2n) is 8.41. The molecule has 164 valence electrons. The van der Waals surface area contributed by atoms with Gasteiger partial charge in [0.25, 0.3) is 5.91 Å². The first-order valence-corrected chi connectivity index (χ1v) is 10.7. The molecule has 5 rings (SSSR count). The Hall–Kier alpha value is -3.51. The average molecular weight is 431 g/mol. The minimum atomic E-state index is -0.142. The Morgan fingerprint density at radius 1 is 1.03 bits per heavy atom. The molecule has 0 bridgehead atoms. The third kappa shape index (κ3) is 3.67. The van der Waals surface area contributed by atoms with E-state index in [1.807, 2.05) is 67.7 Å². The van der Waals surface area contributed by atoms with Gasteiger partial charge in [-0.2, -0.15) is 0 Å². The minimum absolute atomic E-state index is 0.0332. The number of rotatable bonds is 4. The lowest BCUT2D eigenvalue weighted by atomic mass is 10.0. The van der Waals surface area contributed by atoms with Crippen molar-refractivity contribution in [2.24, 2.45) is 0 Å². The van der Waals surface area contributed by atoms with Gasteiger partial charge in [-0.05, 0) is 41.5 Å². The van der Waals surface area contributed by atoms with Crippen LogP contribution < -0.4 is 9.47 Å². The number of hydrogen-bond acceptors (Lipinski definition) is 5. The first kappa shape index (κ1) is 20.4. The number of likely N-dealkylation sites (N-methyl/N-ethyl adjacent to an activating group) is 1. The number of phenolic OH excluding ortho intramolecular Hbond substituents is 1. The lowest BCUT2D eigenvalue weighted by Crippen LogP contribution is -2.44. The van der Waals surface area contributed by atoms with Crippen LogP contribution in [-0.4, -0.2) is 60.2 Å². The normalized spacial score (nSPS) is 20.3. The minimum Gasteiger partial charge on any atom is -0.508 e. The molecule has 3 aromatic carbocycles. The van der Waals surface area contributed by atoms with Gasteiger partial charge in [0.2, 0.25) is 0 Å². The molecule has 2 aliphatic heterocycles. The van der Waals surface area contributed by atoms with E-state index >= 15 is 0 Å². The van der Waals surface area contributed by atoms with Gasteiger partial charge in [-0.1, -0.05) is 36.4 Å². The summed E-state index contributed by atoms with van der Waals surface area (Å²) in [6.45, 7) is 1.99. The van der Waals surface area contributed by atoms with Gasteiger partial charge in [0.15, 0.2) is 0 Å². The first-order valence-electron chi connectivity index (χ1n) is 10.7. The number of phenols is 1. The van der Waals surface area contributed by atoms with Gasteiger partial charge in [-0.15, -0.1) is 0 Å². The van der Waals surface area contributed by atoms with Crippen LogP contribution in [0.5, 0.6) is 17.2 Å². The summed E-state index contributed by atoms with van der Waals surface area (Å²) < 4.78 is 11.8. The molecule has 3 aromatic rings. The molecular formula is C26H26N2O4. The summed E-state index contributed by atoms with van der Waals surface area (Å²) in [6, 6.07) is 20.9. The Bertz CT molecular complexity index is 1160. The molecule has 1 amide bonds. The van der Waals surface area contributed by atoms with Crippen LogP contribution in [0.4, 0.5) is 0 Å². The zero-order valence-electron chi connectivity index (χ0n) is 18.2. The van der Waals surface area contributed by atoms with Crippen LogP contribution in [0.1, 0.15) is 15.9 Å². The Morgan fingerprint density at radius 2 is 1.84 bits per heavy atom. The van der Waals surface area contributed by atoms with E-state index < -0.39 is 0 Å². The summed E-state index contributed by atoms with van der Waals surface area (Å²) in [4.78, 5) is 17.2. The summed E-state index contributed by atoms with van der Waals surface area (Å²) in [5, 5.41) is 10.1. The quantitative estimate of drug-likeness (QED) is 0.683. The molecule has 0 saturated carbocycles. The van der Waals surface area contributed by atoms with Crippen molar-refractivity contribution in [3.8, 4) is 28.4 Å². The molecule has 0 radical (unpaired) electrons. The third-order valence-electron chi connectivity index (χ3n) is 6.41. The molecule has 0 aliphatic carbocycles. The Morgan fingerprint density at radius 3 is 2.66 bits per heavy atom. The fourth-order valence-corrected chi connectivity index (χ4v) is 4.62. The molecule has 32 heavy (non-hydrogen) atoms. The van der Waals surface area contributed by atoms with Crippen molar-refractivity contribution < 1.29 is 19.4 Å². The number of carbonyl (C=O) groups excluding carboxylic acids is 1. The number of hydrogen-bond donors (Lipinski definition) is 1. The summed E-state index contributed by atoms with van der Waals surface area (Å²) in [5.41, 5.74) is 3.44. The molecule has 2 atom stereocenters. The molecular weight excluding hydrogens is 404 g/mol. The van der Waals surface area contributed by atoms with E-state index in [9.17, 15) is 9.90 Å². The van der Waals surface area contributed by atoms with Crippen LogP contribution in [0.25, 0.3) is 11.1 Å². The number of methoxy groups -OCH3 is 1. The largest absolute Gasteiger partial charge is 0.508 e. The monoisotopic (exact) mass is 430 g/mol. The van der Waals surface area contributed by atoms with Gasteiger partial charge < -0.3 is 19.5 Å². The van der Waals surface area contributed by atoms with Gasteiger partial charge in [0.1, 0.15) is 23.4 Å². The summed E-state index contributed by atoms with van der Waals surface area (Å²) >= 11 is 0. The van der Waals surface area contributed by atoms with Crippen molar-refractivity contribution >= 4 is 5.91 Å². The van der Waals surface area contributed by atoms with E-state index in [4.69, 9.17) is 9.47 Å². The van der Waals surface area contributed by atoms with Gasteiger partial charge >= 0.3 is 0 Å². The second-order valence-corrected chi connectivity index (χ2v) is 8.41. The zero-order chi connectivity index (χ0) is 22.2. The maximum absolute atomic E-state index is 13.2. The predicted octanol–water partition coefficient (Wildman–Crippen LogP) is 3.79. The van der Waals surface area contributed by atoms with E-state index in [0.717, 1.165) is 22.4 Å². The number of aromatic hydroxyl groups is 1. The van der Waals surface area contributed by atoms with Crippen LogP contribution in [0.3, 0.4) is 0 Å². The number of carbonyl (C=O) groups is 1. The number of nitrogens with zero attached hydrogens (tertiary/aromatic N) is 2. The number of likely N-dealkylation sites (tertiary alicyclic amines) is 1. The molecule has 6 nitrogen and oxygen atoms in total. The van der Waals surface area contributed by atoms with Gasteiger partial charge in [0, 0.05) is 32.2 Å². The Labute approximate surface area is 187 Å². The smallest absolute Gasteiger partial charge is 0.257 e. The van der Waals surface area contributed by atoms with Crippen LogP contribution in [0.15, 0.2) is 66.7 Å². The Kier molecular flexibility index (Phi) is 5.23. The summed E-state index contributed by atoms with van der Waals surface area (Å²) in [6.07, 6.45) is -0.142. The van der Waals surface area contributed by atoms with Crippen LogP contribution in [-0.2, 0) is 6.54 Å². The molecule has 1 saturated heterocycles. The van der Waals surface area contributed by atoms with Crippen LogP contribution in [0, 0.1) is 0 Å². The number of benzene rings is 3. The molecule has 6 heteroatoms. The van der Waals surface area contributed by atoms with E-state index in [2.05, 4.69) is 4.90 Å². The average Bonchev–Trinajstić information content (AvgIpc) is 3.18. The van der Waals surface area contributed by atoms with Crippen molar-refractivity contribution in [1.82, 2.24) is 9.80 Å². The van der Waals surface area contributed by atoms with E-state index in [0.29, 0.717) is 36.7 Å². The van der Waals surface area contributed by atoms with Crippen LogP contribution in [0.2, 0.25) is 0 Å². The third-order valence-corrected chi connectivity index (χ3v) is 6.41. The standard InChI is InChI=1S/C26H26N2O4/c1-27-22-15-28(14-19-6-3-4-9-23(19)29)16-25(22)32-24-13-18(10-11-21(24)26(27)30)17-7-5-8-20(12-17)31-2/h3-13,22,25,29H,14-16H2,1-2H3. The fourth-order valence-electron chi connectivity index (χ4n) is 4.62. The van der Waals surface area contributed by atoms with E-state index in [1.54, 1.807) is 18.1 Å². The summed E-state index contributed by atoms with van der Waals surface area (Å²) in [7, 11) is 3.49. The Balaban J connectivity index is 1.43. The van der Waals surface area contributed by atoms with Crippen LogP contribution >= 0.6 is 0 Å². The number of ether oxygens (including phenoxy) is 2. The highest BCUT2D eigenvalue weighted by Crippen LogP contribution is 2.35. The van der Waals surface area contributed by atoms with Gasteiger partial charge in [-0.25, -0.2) is 0 Å². The van der Waals surface area contributed by atoms with Gasteiger partial charge in [-0.3, -0.25) is 9.69 Å². The molecule has 0 aromatic heterocycles. The molecule has 0 spiro atoms. The predicted molar refractivity (Wildman–Crippen MR) is 122 cm³/mol. The van der Waals surface area contributed by atoms with Crippen molar-refractivity contribution in [2.75, 3.05) is 27.2 Å². The molecule has 2 aliphatic rings. The van der Waals surface area contributed by atoms with Crippen molar-refractivity contribution in [3.63, 3.8) is 0 Å². The number of amides is 1. The maximum atomic E-state index is 13.2. The highest BCUT2D eigenvalue weighted by atomic mass is 16.5. The van der Waals surface area contributed by atoms with E-state index in [1.165, 1.54) is 0 Å². The lowest BCUT2D eigenvalue weighted by Gasteiger charge is -2.25. The van der Waals surface area contributed by atoms with Crippen molar-refractivity contribution in [1.29, 1.82) is 0 Å². The molecule has 2 unspecified atom stereocenters. The first-order chi connectivity index (χ1) is 15.5. The topological polar surface area (TPSA) is 62.2 Å². The maximum Gasteiger partial charge on any atom is 0.257 e. The highest BCUT2D eigenvalue weighted by molar-refractivity contribution is 5.98. The molecule has 2 heterocycles. The lowest BCUT2D eigenvalue weighted by molar-refractivity contribution is 0.0682. The number of para-hydroxylation sites is 1. The van der Waals surface area contributed by atoms with Crippen molar-refractivity contribution in [2.45, 2.75) is 18.7 Å². The fraction of sp³-hybridized carbons (Fsp3) is 0.269. The molecule has 1 fully saturated rings. The molecule has 1 N–H and O–H groups in total. The zero-order valence-corrected chi connectivity index (χ0v) is 18.2. The second kappa shape index (κ2) is 8.20.